The zero-order valence-corrected chi connectivity index (χ0v) is 16.5. The van der Waals surface area contributed by atoms with Gasteiger partial charge in [-0.3, -0.25) is 0 Å². The Morgan fingerprint density at radius 1 is 1.14 bits per heavy atom. The van der Waals surface area contributed by atoms with Crippen LogP contribution in [0.5, 0.6) is 11.5 Å². The minimum Gasteiger partial charge on any atom is -0.495 e. The molecule has 0 saturated carbocycles. The molecular formula is C15H12BrCl2IO2. The summed E-state index contributed by atoms with van der Waals surface area (Å²) in [5, 5.41) is 0.321. The van der Waals surface area contributed by atoms with Crippen LogP contribution in [-0.4, -0.2) is 14.2 Å². The summed E-state index contributed by atoms with van der Waals surface area (Å²) in [4.78, 5) is 0. The van der Waals surface area contributed by atoms with E-state index in [1.54, 1.807) is 14.2 Å². The molecule has 112 valence electrons. The van der Waals surface area contributed by atoms with Crippen LogP contribution in [0.15, 0.2) is 34.8 Å². The van der Waals surface area contributed by atoms with Gasteiger partial charge in [0, 0.05) is 9.13 Å². The van der Waals surface area contributed by atoms with Crippen molar-refractivity contribution in [2.24, 2.45) is 0 Å². The van der Waals surface area contributed by atoms with Gasteiger partial charge in [0.1, 0.15) is 16.0 Å². The quantitative estimate of drug-likeness (QED) is 0.375. The Balaban J connectivity index is 2.50. The normalized spacial score (nSPS) is 12.1. The van der Waals surface area contributed by atoms with Gasteiger partial charge in [-0.15, -0.1) is 11.6 Å². The summed E-state index contributed by atoms with van der Waals surface area (Å²) in [7, 11) is 3.21. The van der Waals surface area contributed by atoms with E-state index in [1.165, 1.54) is 0 Å². The predicted octanol–water partition coefficient (Wildman–Crippen LogP) is 6.05. The van der Waals surface area contributed by atoms with E-state index in [9.17, 15) is 0 Å². The second-order valence-electron chi connectivity index (χ2n) is 4.24. The smallest absolute Gasteiger partial charge is 0.141 e. The average molecular weight is 502 g/mol. The maximum Gasteiger partial charge on any atom is 0.141 e. The molecule has 0 amide bonds. The van der Waals surface area contributed by atoms with Crippen LogP contribution in [0, 0.1) is 3.57 Å². The zero-order valence-electron chi connectivity index (χ0n) is 11.3. The third-order valence-corrected chi connectivity index (χ3v) is 5.84. The SMILES string of the molecule is COc1ccc(C(Cl)c2ccc(I)c(Cl)c2)c(OC)c1Br. The molecule has 0 aliphatic heterocycles. The van der Waals surface area contributed by atoms with Crippen molar-refractivity contribution in [1.29, 1.82) is 0 Å². The van der Waals surface area contributed by atoms with Gasteiger partial charge in [-0.2, -0.15) is 0 Å². The van der Waals surface area contributed by atoms with Crippen molar-refractivity contribution >= 4 is 61.7 Å². The Morgan fingerprint density at radius 3 is 2.43 bits per heavy atom. The molecule has 6 heteroatoms. The van der Waals surface area contributed by atoms with Crippen LogP contribution < -0.4 is 9.47 Å². The Hall–Kier alpha value is -0.170. The van der Waals surface area contributed by atoms with Crippen molar-refractivity contribution in [3.05, 3.63) is 54.5 Å². The minimum atomic E-state index is -0.364. The summed E-state index contributed by atoms with van der Waals surface area (Å²) in [6.45, 7) is 0. The second-order valence-corrected chi connectivity index (χ2v) is 7.04. The topological polar surface area (TPSA) is 18.5 Å². The fourth-order valence-electron chi connectivity index (χ4n) is 1.97. The molecule has 1 unspecified atom stereocenters. The summed E-state index contributed by atoms with van der Waals surface area (Å²) >= 11 is 18.4. The summed E-state index contributed by atoms with van der Waals surface area (Å²) in [5.41, 5.74) is 1.77. The predicted molar refractivity (Wildman–Crippen MR) is 99.1 cm³/mol. The first-order valence-electron chi connectivity index (χ1n) is 5.99. The molecule has 0 heterocycles. The molecule has 2 aromatic carbocycles. The van der Waals surface area contributed by atoms with Gasteiger partial charge in [-0.1, -0.05) is 17.7 Å². The van der Waals surface area contributed by atoms with Crippen LogP contribution in [0.25, 0.3) is 0 Å². The molecule has 0 aliphatic carbocycles. The minimum absolute atomic E-state index is 0.364. The van der Waals surface area contributed by atoms with Gasteiger partial charge >= 0.3 is 0 Å². The van der Waals surface area contributed by atoms with Crippen LogP contribution in [0.2, 0.25) is 5.02 Å². The molecule has 2 rings (SSSR count). The molecule has 1 atom stereocenters. The van der Waals surface area contributed by atoms with E-state index in [0.717, 1.165) is 19.2 Å². The molecule has 2 nitrogen and oxygen atoms in total. The Kier molecular flexibility index (Phi) is 6.05. The molecule has 0 bridgehead atoms. The second kappa shape index (κ2) is 7.40. The van der Waals surface area contributed by atoms with Crippen LogP contribution >= 0.6 is 61.7 Å². The molecule has 0 saturated heterocycles. The van der Waals surface area contributed by atoms with E-state index < -0.39 is 0 Å². The standard InChI is InChI=1S/C15H12BrCl2IO2/c1-20-12-6-4-9(15(21-2)13(12)16)14(18)8-3-5-11(19)10(17)7-8/h3-7,14H,1-2H3. The number of methoxy groups -OCH3 is 2. The van der Waals surface area contributed by atoms with E-state index in [4.69, 9.17) is 32.7 Å². The molecule has 21 heavy (non-hydrogen) atoms. The maximum atomic E-state index is 6.60. The van der Waals surface area contributed by atoms with Gasteiger partial charge in [0.2, 0.25) is 0 Å². The highest BCUT2D eigenvalue weighted by molar-refractivity contribution is 14.1. The van der Waals surface area contributed by atoms with Gasteiger partial charge < -0.3 is 9.47 Å². The highest BCUT2D eigenvalue weighted by Gasteiger charge is 2.20. The highest BCUT2D eigenvalue weighted by Crippen LogP contribution is 2.43. The first-order chi connectivity index (χ1) is 9.99. The lowest BCUT2D eigenvalue weighted by Gasteiger charge is -2.17. The number of rotatable bonds is 4. The van der Waals surface area contributed by atoms with E-state index in [1.807, 2.05) is 30.3 Å². The van der Waals surface area contributed by atoms with Crippen LogP contribution in [-0.2, 0) is 0 Å². The van der Waals surface area contributed by atoms with Crippen molar-refractivity contribution in [3.63, 3.8) is 0 Å². The molecular weight excluding hydrogens is 490 g/mol. The van der Waals surface area contributed by atoms with Crippen LogP contribution in [0.4, 0.5) is 0 Å². The Morgan fingerprint density at radius 2 is 1.86 bits per heavy atom. The number of benzene rings is 2. The Bertz CT molecular complexity index is 664. The first-order valence-corrected chi connectivity index (χ1v) is 8.67. The summed E-state index contributed by atoms with van der Waals surface area (Å²) in [5.74, 6) is 1.35. The highest BCUT2D eigenvalue weighted by atomic mass is 127. The average Bonchev–Trinajstić information content (AvgIpc) is 2.49. The molecule has 0 spiro atoms. The van der Waals surface area contributed by atoms with Gasteiger partial charge in [0.05, 0.1) is 24.6 Å². The number of alkyl halides is 1. The van der Waals surface area contributed by atoms with Gasteiger partial charge in [-0.05, 0) is 68.3 Å². The molecule has 2 aromatic rings. The summed E-state index contributed by atoms with van der Waals surface area (Å²) < 4.78 is 12.5. The van der Waals surface area contributed by atoms with Crippen molar-refractivity contribution in [1.82, 2.24) is 0 Å². The molecule has 0 N–H and O–H groups in total. The number of ether oxygens (including phenoxy) is 2. The third-order valence-electron chi connectivity index (χ3n) is 3.03. The number of hydrogen-bond donors (Lipinski definition) is 0. The van der Waals surface area contributed by atoms with E-state index in [-0.39, 0.29) is 5.38 Å². The fraction of sp³-hybridized carbons (Fsp3) is 0.200. The maximum absolute atomic E-state index is 6.60. The van der Waals surface area contributed by atoms with Crippen LogP contribution in [0.3, 0.4) is 0 Å². The largest absolute Gasteiger partial charge is 0.495 e. The van der Waals surface area contributed by atoms with Crippen molar-refractivity contribution < 1.29 is 9.47 Å². The fourth-order valence-corrected chi connectivity index (χ4v) is 3.48. The van der Waals surface area contributed by atoms with Gasteiger partial charge in [0.25, 0.3) is 0 Å². The van der Waals surface area contributed by atoms with Gasteiger partial charge in [-0.25, -0.2) is 0 Å². The summed E-state index contributed by atoms with van der Waals surface area (Å²) in [6, 6.07) is 9.53. The molecule has 0 fully saturated rings. The van der Waals surface area contributed by atoms with Gasteiger partial charge in [0.15, 0.2) is 0 Å². The van der Waals surface area contributed by atoms with E-state index >= 15 is 0 Å². The Labute approximate surface area is 156 Å². The molecule has 0 aromatic heterocycles. The van der Waals surface area contributed by atoms with Crippen molar-refractivity contribution in [2.75, 3.05) is 14.2 Å². The monoisotopic (exact) mass is 500 g/mol. The first kappa shape index (κ1) is 17.2. The lowest BCUT2D eigenvalue weighted by molar-refractivity contribution is 0.386. The van der Waals surface area contributed by atoms with Crippen molar-refractivity contribution in [2.45, 2.75) is 5.38 Å². The number of hydrogen-bond acceptors (Lipinski definition) is 2. The summed E-state index contributed by atoms with van der Waals surface area (Å²) in [6.07, 6.45) is 0. The molecule has 0 aliphatic rings. The lowest BCUT2D eigenvalue weighted by atomic mass is 10.0. The van der Waals surface area contributed by atoms with Crippen LogP contribution in [0.1, 0.15) is 16.5 Å². The lowest BCUT2D eigenvalue weighted by Crippen LogP contribution is -2.00. The van der Waals surface area contributed by atoms with E-state index in [0.29, 0.717) is 16.5 Å². The number of halogens is 4. The third kappa shape index (κ3) is 3.60. The van der Waals surface area contributed by atoms with E-state index in [2.05, 4.69) is 38.5 Å². The zero-order chi connectivity index (χ0) is 15.6. The van der Waals surface area contributed by atoms with Crippen molar-refractivity contribution in [3.8, 4) is 11.5 Å². The molecule has 0 radical (unpaired) electrons.